The SMILES string of the molecule is CCCCC[C@H](CN(O)C=O)C(=O)NNc1cccc(-n2cnc(Cn3cncn3)n2)n1. The highest BCUT2D eigenvalue weighted by Crippen LogP contribution is 2.12. The monoisotopic (exact) mass is 442 g/mol. The van der Waals surface area contributed by atoms with E-state index in [1.807, 2.05) is 0 Å². The van der Waals surface area contributed by atoms with Crippen molar-refractivity contribution in [3.63, 3.8) is 0 Å². The van der Waals surface area contributed by atoms with Crippen LogP contribution in [0.3, 0.4) is 0 Å². The van der Waals surface area contributed by atoms with Crippen molar-refractivity contribution in [2.75, 3.05) is 12.0 Å². The summed E-state index contributed by atoms with van der Waals surface area (Å²) < 4.78 is 3.12. The number of aromatic nitrogens is 7. The average molecular weight is 442 g/mol. The van der Waals surface area contributed by atoms with Gasteiger partial charge in [-0.15, -0.1) is 5.10 Å². The van der Waals surface area contributed by atoms with E-state index in [2.05, 4.69) is 42.9 Å². The van der Waals surface area contributed by atoms with Crippen LogP contribution in [0.2, 0.25) is 0 Å². The van der Waals surface area contributed by atoms with Crippen molar-refractivity contribution in [1.82, 2.24) is 45.0 Å². The first-order chi connectivity index (χ1) is 15.6. The molecule has 3 heterocycles. The second kappa shape index (κ2) is 11.5. The number of hydrogen-bond donors (Lipinski definition) is 3. The molecule has 0 aliphatic heterocycles. The fourth-order valence-corrected chi connectivity index (χ4v) is 3.00. The Hall–Kier alpha value is -3.87. The number of carbonyl (C=O) groups is 2. The summed E-state index contributed by atoms with van der Waals surface area (Å²) in [6.45, 7) is 2.36. The van der Waals surface area contributed by atoms with Gasteiger partial charge in [-0.3, -0.25) is 25.6 Å². The van der Waals surface area contributed by atoms with Gasteiger partial charge in [-0.1, -0.05) is 32.3 Å². The molecule has 2 amide bonds. The van der Waals surface area contributed by atoms with E-state index in [1.54, 1.807) is 29.2 Å². The molecule has 0 saturated carbocycles. The van der Waals surface area contributed by atoms with Gasteiger partial charge in [0.25, 0.3) is 0 Å². The third-order valence-corrected chi connectivity index (χ3v) is 4.65. The average Bonchev–Trinajstić information content (AvgIpc) is 3.49. The van der Waals surface area contributed by atoms with E-state index < -0.39 is 5.92 Å². The summed E-state index contributed by atoms with van der Waals surface area (Å²) >= 11 is 0. The molecular weight excluding hydrogens is 416 g/mol. The summed E-state index contributed by atoms with van der Waals surface area (Å²) in [5.74, 6) is 0.547. The van der Waals surface area contributed by atoms with Crippen molar-refractivity contribution in [2.45, 2.75) is 39.2 Å². The number of nitrogens with zero attached hydrogens (tertiary/aromatic N) is 8. The van der Waals surface area contributed by atoms with Gasteiger partial charge in [0.2, 0.25) is 12.3 Å². The number of anilines is 1. The van der Waals surface area contributed by atoms with E-state index in [0.717, 1.165) is 19.3 Å². The van der Waals surface area contributed by atoms with E-state index in [9.17, 15) is 14.8 Å². The molecule has 32 heavy (non-hydrogen) atoms. The van der Waals surface area contributed by atoms with Crippen molar-refractivity contribution in [3.8, 4) is 5.82 Å². The second-order valence-electron chi connectivity index (χ2n) is 7.11. The maximum atomic E-state index is 12.6. The number of hydrogen-bond acceptors (Lipinski definition) is 9. The minimum absolute atomic E-state index is 0.0816. The minimum atomic E-state index is -0.554. The molecule has 0 saturated heterocycles. The predicted octanol–water partition coefficient (Wildman–Crippen LogP) is 0.789. The van der Waals surface area contributed by atoms with Gasteiger partial charge in [-0.2, -0.15) is 5.10 Å². The molecule has 0 bridgehead atoms. The molecule has 0 unspecified atom stereocenters. The van der Waals surface area contributed by atoms with Gasteiger partial charge in [0, 0.05) is 0 Å². The van der Waals surface area contributed by atoms with E-state index in [-0.39, 0.29) is 18.9 Å². The molecule has 13 nitrogen and oxygen atoms in total. The predicted molar refractivity (Wildman–Crippen MR) is 112 cm³/mol. The summed E-state index contributed by atoms with van der Waals surface area (Å²) in [7, 11) is 0. The van der Waals surface area contributed by atoms with E-state index >= 15 is 0 Å². The van der Waals surface area contributed by atoms with Crippen molar-refractivity contribution in [3.05, 3.63) is 43.0 Å². The van der Waals surface area contributed by atoms with E-state index in [4.69, 9.17) is 0 Å². The van der Waals surface area contributed by atoms with Gasteiger partial charge in [-0.05, 0) is 18.6 Å². The smallest absolute Gasteiger partial charge is 0.243 e. The molecule has 0 radical (unpaired) electrons. The molecule has 3 aromatic heterocycles. The lowest BCUT2D eigenvalue weighted by molar-refractivity contribution is -0.154. The number of nitrogens with one attached hydrogen (secondary N) is 2. The number of hydroxylamine groups is 2. The van der Waals surface area contributed by atoms with Gasteiger partial charge in [0.1, 0.15) is 31.3 Å². The quantitative estimate of drug-likeness (QED) is 0.151. The standard InChI is InChI=1S/C19H26N10O3/c1-2-3-4-6-15(9-28(32)14-30)19(31)25-24-16-7-5-8-18(23-16)29-13-21-17(26-29)10-27-12-20-11-22-27/h5,7-8,11-15,32H,2-4,6,9-10H2,1H3,(H,23,24)(H,25,31)/t15-/m1/s1. The Morgan fingerprint density at radius 2 is 2.19 bits per heavy atom. The maximum absolute atomic E-state index is 12.6. The highest BCUT2D eigenvalue weighted by atomic mass is 16.5. The molecule has 170 valence electrons. The van der Waals surface area contributed by atoms with Crippen LogP contribution in [0.1, 0.15) is 38.4 Å². The van der Waals surface area contributed by atoms with Crippen LogP contribution in [-0.2, 0) is 16.1 Å². The zero-order chi connectivity index (χ0) is 22.8. The lowest BCUT2D eigenvalue weighted by Crippen LogP contribution is -2.40. The summed E-state index contributed by atoms with van der Waals surface area (Å²) in [5.41, 5.74) is 5.38. The first kappa shape index (κ1) is 22.8. The first-order valence-electron chi connectivity index (χ1n) is 10.3. The first-order valence-corrected chi connectivity index (χ1v) is 10.3. The molecule has 1 atom stereocenters. The molecular formula is C19H26N10O3. The second-order valence-corrected chi connectivity index (χ2v) is 7.11. The van der Waals surface area contributed by atoms with E-state index in [0.29, 0.717) is 35.5 Å². The molecule has 0 fully saturated rings. The minimum Gasteiger partial charge on any atom is -0.286 e. The topological polar surface area (TPSA) is 156 Å². The fraction of sp³-hybridized carbons (Fsp3) is 0.421. The van der Waals surface area contributed by atoms with Crippen LogP contribution in [0, 0.1) is 5.92 Å². The Kier molecular flexibility index (Phi) is 8.20. The van der Waals surface area contributed by atoms with Crippen molar-refractivity contribution < 1.29 is 14.8 Å². The molecule has 0 aliphatic rings. The van der Waals surface area contributed by atoms with Crippen LogP contribution < -0.4 is 10.9 Å². The third kappa shape index (κ3) is 6.57. The van der Waals surface area contributed by atoms with E-state index in [1.165, 1.54) is 17.3 Å². The summed E-state index contributed by atoms with van der Waals surface area (Å²) in [6, 6.07) is 5.20. The van der Waals surface area contributed by atoms with Crippen LogP contribution >= 0.6 is 0 Å². The highest BCUT2D eigenvalue weighted by Gasteiger charge is 2.20. The number of unbranched alkanes of at least 4 members (excludes halogenated alkanes) is 2. The number of amides is 2. The largest absolute Gasteiger partial charge is 0.286 e. The van der Waals surface area contributed by atoms with Gasteiger partial charge in [-0.25, -0.2) is 29.4 Å². The molecule has 3 N–H and O–H groups in total. The number of rotatable bonds is 13. The van der Waals surface area contributed by atoms with Gasteiger partial charge >= 0.3 is 0 Å². The van der Waals surface area contributed by atoms with Crippen LogP contribution in [0.15, 0.2) is 37.2 Å². The summed E-state index contributed by atoms with van der Waals surface area (Å²) in [4.78, 5) is 35.9. The maximum Gasteiger partial charge on any atom is 0.243 e. The molecule has 0 spiro atoms. The molecule has 13 heteroatoms. The lowest BCUT2D eigenvalue weighted by Gasteiger charge is -2.20. The van der Waals surface area contributed by atoms with Crippen LogP contribution in [0.4, 0.5) is 5.82 Å². The fourth-order valence-electron chi connectivity index (χ4n) is 3.00. The number of carbonyl (C=O) groups excluding carboxylic acids is 2. The molecule has 3 rings (SSSR count). The zero-order valence-electron chi connectivity index (χ0n) is 17.7. The van der Waals surface area contributed by atoms with Gasteiger partial charge in [0.15, 0.2) is 11.6 Å². The molecule has 0 aromatic carbocycles. The summed E-state index contributed by atoms with van der Waals surface area (Å²) in [6.07, 6.45) is 8.17. The van der Waals surface area contributed by atoms with Crippen LogP contribution in [0.5, 0.6) is 0 Å². The Morgan fingerprint density at radius 1 is 1.31 bits per heavy atom. The third-order valence-electron chi connectivity index (χ3n) is 4.65. The Balaban J connectivity index is 1.60. The normalized spacial score (nSPS) is 11.7. The summed E-state index contributed by atoms with van der Waals surface area (Å²) in [5, 5.41) is 18.4. The van der Waals surface area contributed by atoms with Crippen LogP contribution in [-0.4, -0.2) is 63.6 Å². The van der Waals surface area contributed by atoms with Crippen LogP contribution in [0.25, 0.3) is 5.82 Å². The number of hydrazine groups is 1. The Morgan fingerprint density at radius 3 is 2.94 bits per heavy atom. The Bertz CT molecular complexity index is 991. The zero-order valence-corrected chi connectivity index (χ0v) is 17.7. The number of pyridine rings is 1. The molecule has 0 aliphatic carbocycles. The van der Waals surface area contributed by atoms with Gasteiger partial charge in [0.05, 0.1) is 12.5 Å². The lowest BCUT2D eigenvalue weighted by atomic mass is 10.0. The molecule has 3 aromatic rings. The van der Waals surface area contributed by atoms with Crippen molar-refractivity contribution in [1.29, 1.82) is 0 Å². The Labute approximate surface area is 184 Å². The van der Waals surface area contributed by atoms with Gasteiger partial charge < -0.3 is 0 Å². The highest BCUT2D eigenvalue weighted by molar-refractivity contribution is 5.80. The van der Waals surface area contributed by atoms with Crippen molar-refractivity contribution >= 4 is 18.1 Å². The van der Waals surface area contributed by atoms with Crippen molar-refractivity contribution in [2.24, 2.45) is 5.92 Å².